The van der Waals surface area contributed by atoms with Gasteiger partial charge < -0.3 is 5.32 Å². The minimum Gasteiger partial charge on any atom is -0.351 e. The van der Waals surface area contributed by atoms with Crippen molar-refractivity contribution in [2.75, 3.05) is 6.54 Å². The Hall–Kier alpha value is 0.130. The number of halogens is 2. The summed E-state index contributed by atoms with van der Waals surface area (Å²) in [4.78, 5) is 12.7. The molecule has 2 nitrogen and oxygen atoms in total. The monoisotopic (exact) mass is 407 g/mol. The maximum absolute atomic E-state index is 12.0. The molecule has 1 N–H and O–H groups in total. The number of carbonyl (C=O) groups is 1. The highest BCUT2D eigenvalue weighted by molar-refractivity contribution is 9.13. The predicted molar refractivity (Wildman–Crippen MR) is 87.8 cm³/mol. The quantitative estimate of drug-likeness (QED) is 0.726. The normalized spacial score (nSPS) is 23.3. The number of rotatable bonds is 4. The van der Waals surface area contributed by atoms with Crippen LogP contribution in [0.3, 0.4) is 0 Å². The fourth-order valence-electron chi connectivity index (χ4n) is 2.55. The van der Waals surface area contributed by atoms with E-state index in [1.807, 2.05) is 6.07 Å². The van der Waals surface area contributed by atoms with E-state index >= 15 is 0 Å². The lowest BCUT2D eigenvalue weighted by Gasteiger charge is -2.26. The van der Waals surface area contributed by atoms with Crippen molar-refractivity contribution in [2.24, 2.45) is 11.8 Å². The van der Waals surface area contributed by atoms with Crippen molar-refractivity contribution in [3.8, 4) is 0 Å². The molecular weight excluding hydrogens is 390 g/mol. The highest BCUT2D eigenvalue weighted by Gasteiger charge is 2.18. The SMILES string of the molecule is CC1CCC(CCNC(=O)c2cc(Br)c(Br)s2)CC1. The van der Waals surface area contributed by atoms with Crippen LogP contribution in [0.1, 0.15) is 48.7 Å². The topological polar surface area (TPSA) is 29.1 Å². The molecule has 1 aliphatic carbocycles. The Bertz CT molecular complexity index is 419. The molecule has 1 heterocycles. The summed E-state index contributed by atoms with van der Waals surface area (Å²) in [5.41, 5.74) is 0. The number of hydrogen-bond acceptors (Lipinski definition) is 2. The minimum absolute atomic E-state index is 0.0422. The number of carbonyl (C=O) groups excluding carboxylic acids is 1. The summed E-state index contributed by atoms with van der Waals surface area (Å²) in [5.74, 6) is 1.74. The molecule has 1 aromatic heterocycles. The van der Waals surface area contributed by atoms with Crippen molar-refractivity contribution < 1.29 is 4.79 Å². The third kappa shape index (κ3) is 4.57. The van der Waals surface area contributed by atoms with Gasteiger partial charge in [-0.3, -0.25) is 4.79 Å². The van der Waals surface area contributed by atoms with E-state index in [2.05, 4.69) is 44.1 Å². The molecule has 1 aromatic rings. The second-order valence-electron chi connectivity index (χ2n) is 5.40. The van der Waals surface area contributed by atoms with Crippen molar-refractivity contribution in [1.82, 2.24) is 5.32 Å². The van der Waals surface area contributed by atoms with Gasteiger partial charge in [-0.1, -0.05) is 32.6 Å². The molecule has 0 bridgehead atoms. The van der Waals surface area contributed by atoms with Crippen LogP contribution in [0.5, 0.6) is 0 Å². The van der Waals surface area contributed by atoms with E-state index in [-0.39, 0.29) is 5.91 Å². The molecular formula is C14H19Br2NOS. The minimum atomic E-state index is 0.0422. The molecule has 0 radical (unpaired) electrons. The fourth-order valence-corrected chi connectivity index (χ4v) is 4.51. The molecule has 0 unspecified atom stereocenters. The molecule has 19 heavy (non-hydrogen) atoms. The van der Waals surface area contributed by atoms with Crippen molar-refractivity contribution in [3.63, 3.8) is 0 Å². The van der Waals surface area contributed by atoms with Gasteiger partial charge >= 0.3 is 0 Å². The summed E-state index contributed by atoms with van der Waals surface area (Å²) in [7, 11) is 0. The summed E-state index contributed by atoms with van der Waals surface area (Å²) >= 11 is 8.28. The zero-order valence-electron chi connectivity index (χ0n) is 11.0. The molecule has 1 saturated carbocycles. The molecule has 0 saturated heterocycles. The van der Waals surface area contributed by atoms with Crippen molar-refractivity contribution in [2.45, 2.75) is 39.0 Å². The first-order valence-electron chi connectivity index (χ1n) is 6.79. The highest BCUT2D eigenvalue weighted by Crippen LogP contribution is 2.32. The van der Waals surface area contributed by atoms with Crippen LogP contribution < -0.4 is 5.32 Å². The van der Waals surface area contributed by atoms with E-state index in [0.29, 0.717) is 0 Å². The Morgan fingerprint density at radius 2 is 2.05 bits per heavy atom. The summed E-state index contributed by atoms with van der Waals surface area (Å²) in [6.45, 7) is 3.13. The maximum atomic E-state index is 12.0. The first kappa shape index (κ1) is 15.5. The molecule has 2 rings (SSSR count). The van der Waals surface area contributed by atoms with Crippen molar-refractivity contribution in [1.29, 1.82) is 0 Å². The summed E-state index contributed by atoms with van der Waals surface area (Å²) in [6, 6.07) is 1.87. The smallest absolute Gasteiger partial charge is 0.261 e. The Kier molecular flexibility index (Phi) is 5.90. The Labute approximate surface area is 135 Å². The van der Waals surface area contributed by atoms with Gasteiger partial charge in [0, 0.05) is 11.0 Å². The lowest BCUT2D eigenvalue weighted by atomic mass is 9.81. The fraction of sp³-hybridized carbons (Fsp3) is 0.643. The van der Waals surface area contributed by atoms with Gasteiger partial charge in [-0.15, -0.1) is 11.3 Å². The lowest BCUT2D eigenvalue weighted by Crippen LogP contribution is -2.26. The van der Waals surface area contributed by atoms with Crippen molar-refractivity contribution in [3.05, 3.63) is 19.2 Å². The van der Waals surface area contributed by atoms with Crippen LogP contribution in [0.15, 0.2) is 14.3 Å². The summed E-state index contributed by atoms with van der Waals surface area (Å²) < 4.78 is 1.92. The van der Waals surface area contributed by atoms with Crippen LogP contribution in [0, 0.1) is 11.8 Å². The average Bonchev–Trinajstić information content (AvgIpc) is 2.72. The first-order chi connectivity index (χ1) is 9.06. The molecule has 106 valence electrons. The second-order valence-corrected chi connectivity index (χ2v) is 8.63. The second kappa shape index (κ2) is 7.23. The molecule has 1 amide bonds. The number of nitrogens with one attached hydrogen (secondary N) is 1. The molecule has 1 aliphatic rings. The third-order valence-corrected chi connectivity index (χ3v) is 7.10. The standard InChI is InChI=1S/C14H19Br2NOS/c1-9-2-4-10(5-3-9)6-7-17-14(18)12-8-11(15)13(16)19-12/h8-10H,2-7H2,1H3,(H,17,18). The van der Waals surface area contributed by atoms with Gasteiger partial charge in [-0.25, -0.2) is 0 Å². The van der Waals surface area contributed by atoms with Gasteiger partial charge in [-0.05, 0) is 56.2 Å². The zero-order chi connectivity index (χ0) is 13.8. The van der Waals surface area contributed by atoms with Gasteiger partial charge in [0.1, 0.15) is 0 Å². The maximum Gasteiger partial charge on any atom is 0.261 e. The van der Waals surface area contributed by atoms with Crippen molar-refractivity contribution >= 4 is 49.1 Å². The van der Waals surface area contributed by atoms with E-state index < -0.39 is 0 Å². The Morgan fingerprint density at radius 1 is 1.37 bits per heavy atom. The van der Waals surface area contributed by atoms with Crippen LogP contribution >= 0.6 is 43.2 Å². The number of hydrogen-bond donors (Lipinski definition) is 1. The van der Waals surface area contributed by atoms with Crippen LogP contribution in [-0.4, -0.2) is 12.5 Å². The first-order valence-corrected chi connectivity index (χ1v) is 9.19. The van der Waals surface area contributed by atoms with E-state index in [1.165, 1.54) is 37.0 Å². The highest BCUT2D eigenvalue weighted by atomic mass is 79.9. The lowest BCUT2D eigenvalue weighted by molar-refractivity contribution is 0.0953. The van der Waals surface area contributed by atoms with Gasteiger partial charge in [0.15, 0.2) is 0 Å². The van der Waals surface area contributed by atoms with Crippen LogP contribution in [-0.2, 0) is 0 Å². The van der Waals surface area contributed by atoms with Gasteiger partial charge in [0.25, 0.3) is 5.91 Å². The van der Waals surface area contributed by atoms with Crippen LogP contribution in [0.25, 0.3) is 0 Å². The number of amides is 1. The van der Waals surface area contributed by atoms with Gasteiger partial charge in [-0.2, -0.15) is 0 Å². The average molecular weight is 409 g/mol. The van der Waals surface area contributed by atoms with E-state index in [0.717, 1.165) is 37.9 Å². The molecule has 0 aliphatic heterocycles. The molecule has 0 aromatic carbocycles. The van der Waals surface area contributed by atoms with Crippen LogP contribution in [0.2, 0.25) is 0 Å². The Balaban J connectivity index is 1.72. The van der Waals surface area contributed by atoms with E-state index in [1.54, 1.807) is 0 Å². The molecule has 0 spiro atoms. The molecule has 5 heteroatoms. The zero-order valence-corrected chi connectivity index (χ0v) is 15.0. The third-order valence-electron chi connectivity index (χ3n) is 3.84. The molecule has 0 atom stereocenters. The largest absolute Gasteiger partial charge is 0.351 e. The summed E-state index contributed by atoms with van der Waals surface area (Å²) in [5, 5.41) is 3.03. The molecule has 1 fully saturated rings. The van der Waals surface area contributed by atoms with E-state index in [9.17, 15) is 4.79 Å². The van der Waals surface area contributed by atoms with Crippen LogP contribution in [0.4, 0.5) is 0 Å². The summed E-state index contributed by atoms with van der Waals surface area (Å²) in [6.07, 6.45) is 6.47. The van der Waals surface area contributed by atoms with E-state index in [4.69, 9.17) is 0 Å². The predicted octanol–water partition coefficient (Wildman–Crippen LogP) is 5.22. The van der Waals surface area contributed by atoms with Gasteiger partial charge in [0.05, 0.1) is 8.66 Å². The number of thiophene rings is 1. The van der Waals surface area contributed by atoms with Gasteiger partial charge in [0.2, 0.25) is 0 Å². The Morgan fingerprint density at radius 3 is 2.63 bits per heavy atom.